The van der Waals surface area contributed by atoms with Crippen LogP contribution in [0.4, 0.5) is 5.69 Å². The molecule has 0 saturated carbocycles. The molecule has 0 saturated heterocycles. The van der Waals surface area contributed by atoms with E-state index in [1.54, 1.807) is 6.20 Å². The first kappa shape index (κ1) is 14.1. The highest BCUT2D eigenvalue weighted by Crippen LogP contribution is 2.17. The molecule has 1 heterocycles. The molecule has 2 aromatic rings. The monoisotopic (exact) mass is 267 g/mol. The Morgan fingerprint density at radius 2 is 2.00 bits per heavy atom. The molecule has 104 valence electrons. The van der Waals surface area contributed by atoms with Crippen molar-refractivity contribution in [3.8, 4) is 0 Å². The van der Waals surface area contributed by atoms with Crippen molar-refractivity contribution < 1.29 is 0 Å². The van der Waals surface area contributed by atoms with Crippen LogP contribution in [0.3, 0.4) is 0 Å². The first-order valence-corrected chi connectivity index (χ1v) is 7.00. The Hall–Kier alpha value is -2.29. The van der Waals surface area contributed by atoms with Crippen LogP contribution in [0, 0.1) is 0 Å². The molecule has 0 atom stereocenters. The summed E-state index contributed by atoms with van der Waals surface area (Å²) in [7, 11) is 0. The van der Waals surface area contributed by atoms with Gasteiger partial charge in [0.2, 0.25) is 0 Å². The van der Waals surface area contributed by atoms with Gasteiger partial charge < -0.3 is 11.1 Å². The molecule has 1 aromatic heterocycles. The Bertz CT molecular complexity index is 561. The van der Waals surface area contributed by atoms with E-state index in [9.17, 15) is 0 Å². The molecular formula is C17H21N3. The van der Waals surface area contributed by atoms with Crippen molar-refractivity contribution in [1.29, 1.82) is 0 Å². The van der Waals surface area contributed by atoms with Gasteiger partial charge in [-0.3, -0.25) is 4.98 Å². The SMILES string of the molecule is CCCNc1ccccc1C/C=C(\N)c1ccccn1. The van der Waals surface area contributed by atoms with E-state index < -0.39 is 0 Å². The van der Waals surface area contributed by atoms with Crippen LogP contribution in [0.5, 0.6) is 0 Å². The summed E-state index contributed by atoms with van der Waals surface area (Å²) in [5.41, 5.74) is 10.0. The van der Waals surface area contributed by atoms with Crippen molar-refractivity contribution in [2.45, 2.75) is 19.8 Å². The lowest BCUT2D eigenvalue weighted by atomic mass is 10.1. The topological polar surface area (TPSA) is 50.9 Å². The van der Waals surface area contributed by atoms with Gasteiger partial charge in [-0.1, -0.05) is 37.3 Å². The zero-order valence-corrected chi connectivity index (χ0v) is 11.8. The summed E-state index contributed by atoms with van der Waals surface area (Å²) < 4.78 is 0. The lowest BCUT2D eigenvalue weighted by Crippen LogP contribution is -2.03. The van der Waals surface area contributed by atoms with Crippen molar-refractivity contribution >= 4 is 11.4 Å². The molecule has 2 rings (SSSR count). The first-order valence-electron chi connectivity index (χ1n) is 7.00. The number of para-hydroxylation sites is 1. The van der Waals surface area contributed by atoms with Gasteiger partial charge >= 0.3 is 0 Å². The predicted octanol–water partition coefficient (Wildman–Crippen LogP) is 3.45. The van der Waals surface area contributed by atoms with Gasteiger partial charge in [0, 0.05) is 18.4 Å². The quantitative estimate of drug-likeness (QED) is 0.843. The van der Waals surface area contributed by atoms with Gasteiger partial charge in [0.15, 0.2) is 0 Å². The molecule has 0 spiro atoms. The Labute approximate surface area is 120 Å². The molecule has 3 nitrogen and oxygen atoms in total. The first-order chi connectivity index (χ1) is 9.81. The third kappa shape index (κ3) is 3.85. The standard InChI is InChI=1S/C17H21N3/c1-2-12-19-16-8-4-3-7-14(16)10-11-15(18)17-9-5-6-13-20-17/h3-9,11,13,19H,2,10,12,18H2,1H3/b15-11-. The van der Waals surface area contributed by atoms with E-state index >= 15 is 0 Å². The van der Waals surface area contributed by atoms with E-state index in [4.69, 9.17) is 5.73 Å². The van der Waals surface area contributed by atoms with Gasteiger partial charge in [-0.25, -0.2) is 0 Å². The van der Waals surface area contributed by atoms with Crippen molar-refractivity contribution in [3.05, 3.63) is 66.0 Å². The number of nitrogens with one attached hydrogen (secondary N) is 1. The number of nitrogens with two attached hydrogens (primary N) is 1. The fourth-order valence-corrected chi connectivity index (χ4v) is 1.99. The maximum atomic E-state index is 6.07. The van der Waals surface area contributed by atoms with Crippen molar-refractivity contribution in [1.82, 2.24) is 4.98 Å². The molecule has 0 amide bonds. The molecule has 1 aromatic carbocycles. The van der Waals surface area contributed by atoms with Crippen LogP contribution in [0.1, 0.15) is 24.6 Å². The largest absolute Gasteiger partial charge is 0.397 e. The Morgan fingerprint density at radius 3 is 2.75 bits per heavy atom. The summed E-state index contributed by atoms with van der Waals surface area (Å²) in [6.45, 7) is 3.14. The lowest BCUT2D eigenvalue weighted by molar-refractivity contribution is 0.975. The van der Waals surface area contributed by atoms with E-state index in [0.29, 0.717) is 0 Å². The van der Waals surface area contributed by atoms with Crippen molar-refractivity contribution in [3.63, 3.8) is 0 Å². The number of rotatable bonds is 6. The minimum atomic E-state index is 0.718. The summed E-state index contributed by atoms with van der Waals surface area (Å²) in [4.78, 5) is 4.25. The zero-order chi connectivity index (χ0) is 14.2. The summed E-state index contributed by atoms with van der Waals surface area (Å²) in [5, 5.41) is 3.44. The lowest BCUT2D eigenvalue weighted by Gasteiger charge is -2.10. The number of allylic oxidation sites excluding steroid dienone is 1. The van der Waals surface area contributed by atoms with Crippen LogP contribution < -0.4 is 11.1 Å². The molecule has 0 fully saturated rings. The summed E-state index contributed by atoms with van der Waals surface area (Å²) in [6.07, 6.45) is 5.69. The molecule has 0 aliphatic heterocycles. The zero-order valence-electron chi connectivity index (χ0n) is 11.8. The number of aromatic nitrogens is 1. The molecular weight excluding hydrogens is 246 g/mol. The van der Waals surface area contributed by atoms with E-state index in [0.717, 1.165) is 30.8 Å². The fourth-order valence-electron chi connectivity index (χ4n) is 1.99. The van der Waals surface area contributed by atoms with Crippen molar-refractivity contribution in [2.24, 2.45) is 5.73 Å². The second kappa shape index (κ2) is 7.34. The Morgan fingerprint density at radius 1 is 1.20 bits per heavy atom. The predicted molar refractivity (Wildman–Crippen MR) is 85.3 cm³/mol. The summed E-state index contributed by atoms with van der Waals surface area (Å²) in [5.74, 6) is 0. The number of hydrogen-bond donors (Lipinski definition) is 2. The number of nitrogens with zero attached hydrogens (tertiary/aromatic N) is 1. The van der Waals surface area contributed by atoms with E-state index in [1.807, 2.05) is 30.3 Å². The fraction of sp³-hybridized carbons (Fsp3) is 0.235. The van der Waals surface area contributed by atoms with Gasteiger partial charge in [-0.05, 0) is 36.6 Å². The molecule has 0 unspecified atom stereocenters. The second-order valence-electron chi connectivity index (χ2n) is 4.66. The van der Waals surface area contributed by atoms with Crippen LogP contribution in [-0.4, -0.2) is 11.5 Å². The molecule has 3 heteroatoms. The highest BCUT2D eigenvalue weighted by atomic mass is 14.9. The normalized spacial score (nSPS) is 11.3. The molecule has 3 N–H and O–H groups in total. The highest BCUT2D eigenvalue weighted by molar-refractivity contribution is 5.60. The van der Waals surface area contributed by atoms with E-state index in [-0.39, 0.29) is 0 Å². The Kier molecular flexibility index (Phi) is 5.18. The third-order valence-electron chi connectivity index (χ3n) is 3.09. The maximum absolute atomic E-state index is 6.07. The number of hydrogen-bond acceptors (Lipinski definition) is 3. The van der Waals surface area contributed by atoms with Gasteiger partial charge in [-0.2, -0.15) is 0 Å². The Balaban J connectivity index is 2.10. The third-order valence-corrected chi connectivity index (χ3v) is 3.09. The van der Waals surface area contributed by atoms with Gasteiger partial charge in [0.25, 0.3) is 0 Å². The maximum Gasteiger partial charge on any atom is 0.0855 e. The van der Waals surface area contributed by atoms with E-state index in [2.05, 4.69) is 35.4 Å². The number of benzene rings is 1. The van der Waals surface area contributed by atoms with Gasteiger partial charge in [0.1, 0.15) is 0 Å². The summed E-state index contributed by atoms with van der Waals surface area (Å²) >= 11 is 0. The number of pyridine rings is 1. The van der Waals surface area contributed by atoms with Crippen LogP contribution >= 0.6 is 0 Å². The van der Waals surface area contributed by atoms with Crippen LogP contribution in [0.2, 0.25) is 0 Å². The molecule has 0 aliphatic rings. The average molecular weight is 267 g/mol. The molecule has 0 aliphatic carbocycles. The van der Waals surface area contributed by atoms with Crippen LogP contribution in [0.25, 0.3) is 5.70 Å². The molecule has 20 heavy (non-hydrogen) atoms. The van der Waals surface area contributed by atoms with E-state index in [1.165, 1.54) is 11.3 Å². The number of anilines is 1. The van der Waals surface area contributed by atoms with Crippen LogP contribution in [-0.2, 0) is 6.42 Å². The minimum absolute atomic E-state index is 0.718. The van der Waals surface area contributed by atoms with Crippen molar-refractivity contribution in [2.75, 3.05) is 11.9 Å². The van der Waals surface area contributed by atoms with Crippen LogP contribution in [0.15, 0.2) is 54.7 Å². The minimum Gasteiger partial charge on any atom is -0.397 e. The average Bonchev–Trinajstić information content (AvgIpc) is 2.52. The molecule has 0 bridgehead atoms. The van der Waals surface area contributed by atoms with Gasteiger partial charge in [0.05, 0.1) is 11.4 Å². The summed E-state index contributed by atoms with van der Waals surface area (Å²) in [6, 6.07) is 14.1. The highest BCUT2D eigenvalue weighted by Gasteiger charge is 2.01. The molecule has 0 radical (unpaired) electrons. The van der Waals surface area contributed by atoms with Gasteiger partial charge in [-0.15, -0.1) is 0 Å². The smallest absolute Gasteiger partial charge is 0.0855 e. The second-order valence-corrected chi connectivity index (χ2v) is 4.66.